The van der Waals surface area contributed by atoms with Crippen molar-refractivity contribution in [2.45, 2.75) is 6.42 Å². The molecular formula is C14H14O4. The number of hydrogen-bond acceptors (Lipinski definition) is 3. The molecule has 0 fully saturated rings. The van der Waals surface area contributed by atoms with Crippen molar-refractivity contribution < 1.29 is 19.4 Å². The lowest BCUT2D eigenvalue weighted by Gasteiger charge is -2.03. The number of esters is 1. The number of carbonyl (C=O) groups is 2. The molecule has 0 radical (unpaired) electrons. The van der Waals surface area contributed by atoms with E-state index < -0.39 is 11.9 Å². The third-order valence-electron chi connectivity index (χ3n) is 2.11. The van der Waals surface area contributed by atoms with Gasteiger partial charge < -0.3 is 9.84 Å². The van der Waals surface area contributed by atoms with Gasteiger partial charge >= 0.3 is 11.9 Å². The third kappa shape index (κ3) is 4.65. The van der Waals surface area contributed by atoms with E-state index in [1.54, 1.807) is 24.3 Å². The van der Waals surface area contributed by atoms with Crippen molar-refractivity contribution in [1.82, 2.24) is 0 Å². The highest BCUT2D eigenvalue weighted by Crippen LogP contribution is 2.11. The Morgan fingerprint density at radius 1 is 1.28 bits per heavy atom. The summed E-state index contributed by atoms with van der Waals surface area (Å²) in [6, 6.07) is 8.94. The molecule has 0 spiro atoms. The molecule has 4 heteroatoms. The highest BCUT2D eigenvalue weighted by atomic mass is 16.5. The van der Waals surface area contributed by atoms with Gasteiger partial charge in [0.1, 0.15) is 6.61 Å². The highest BCUT2D eigenvalue weighted by Gasteiger charge is 2.13. The normalized spacial score (nSPS) is 10.8. The molecule has 0 saturated carbocycles. The van der Waals surface area contributed by atoms with Gasteiger partial charge in [0, 0.05) is 5.57 Å². The van der Waals surface area contributed by atoms with Crippen LogP contribution in [-0.2, 0) is 14.3 Å². The van der Waals surface area contributed by atoms with Crippen molar-refractivity contribution in [3.8, 4) is 0 Å². The van der Waals surface area contributed by atoms with Crippen LogP contribution in [-0.4, -0.2) is 23.7 Å². The second kappa shape index (κ2) is 7.06. The predicted octanol–water partition coefficient (Wildman–Crippen LogP) is 2.27. The van der Waals surface area contributed by atoms with Gasteiger partial charge in [0.15, 0.2) is 0 Å². The van der Waals surface area contributed by atoms with Crippen LogP contribution in [0.3, 0.4) is 0 Å². The summed E-state index contributed by atoms with van der Waals surface area (Å²) in [5.74, 6) is -1.71. The van der Waals surface area contributed by atoms with Crippen LogP contribution in [0.4, 0.5) is 0 Å². The Balaban J connectivity index is 2.78. The smallest absolute Gasteiger partial charge is 0.332 e. The Kier molecular flexibility index (Phi) is 5.38. The molecule has 1 aromatic rings. The van der Waals surface area contributed by atoms with Crippen molar-refractivity contribution >= 4 is 18.0 Å². The molecule has 4 nitrogen and oxygen atoms in total. The highest BCUT2D eigenvalue weighted by molar-refractivity contribution is 5.97. The topological polar surface area (TPSA) is 63.6 Å². The zero-order valence-electron chi connectivity index (χ0n) is 9.83. The summed E-state index contributed by atoms with van der Waals surface area (Å²) in [5, 5.41) is 9.01. The monoisotopic (exact) mass is 246 g/mol. The maximum atomic E-state index is 11.3. The van der Waals surface area contributed by atoms with E-state index in [4.69, 9.17) is 9.84 Å². The van der Waals surface area contributed by atoms with E-state index in [9.17, 15) is 9.59 Å². The number of carboxylic acids is 1. The van der Waals surface area contributed by atoms with Gasteiger partial charge in [-0.2, -0.15) is 0 Å². The molecule has 0 aliphatic rings. The summed E-state index contributed by atoms with van der Waals surface area (Å²) in [4.78, 5) is 22.3. The van der Waals surface area contributed by atoms with E-state index in [1.165, 1.54) is 12.2 Å². The van der Waals surface area contributed by atoms with E-state index in [0.29, 0.717) is 0 Å². The molecule has 18 heavy (non-hydrogen) atoms. The quantitative estimate of drug-likeness (QED) is 0.475. The van der Waals surface area contributed by atoms with Gasteiger partial charge in [-0.1, -0.05) is 43.0 Å². The first kappa shape index (κ1) is 13.7. The van der Waals surface area contributed by atoms with Crippen LogP contribution in [0.1, 0.15) is 12.0 Å². The Hall–Kier alpha value is -2.36. The number of rotatable bonds is 6. The van der Waals surface area contributed by atoms with Gasteiger partial charge in [0.2, 0.25) is 0 Å². The minimum Gasteiger partial charge on any atom is -0.478 e. The number of benzene rings is 1. The molecule has 0 aliphatic heterocycles. The SMILES string of the molecule is C=CCOC(=O)C/C(=C\c1ccccc1)C(=O)O. The number of hydrogen-bond donors (Lipinski definition) is 1. The third-order valence-corrected chi connectivity index (χ3v) is 2.11. The summed E-state index contributed by atoms with van der Waals surface area (Å²) in [6.45, 7) is 3.49. The molecule has 0 unspecified atom stereocenters. The molecule has 0 aliphatic carbocycles. The number of carboxylic acid groups (broad SMARTS) is 1. The molecule has 0 saturated heterocycles. The van der Waals surface area contributed by atoms with Crippen molar-refractivity contribution in [2.24, 2.45) is 0 Å². The summed E-state index contributed by atoms with van der Waals surface area (Å²) < 4.78 is 4.75. The number of ether oxygens (including phenoxy) is 1. The van der Waals surface area contributed by atoms with Gasteiger partial charge in [0.25, 0.3) is 0 Å². The van der Waals surface area contributed by atoms with Crippen LogP contribution in [0, 0.1) is 0 Å². The zero-order valence-corrected chi connectivity index (χ0v) is 9.83. The van der Waals surface area contributed by atoms with Crippen LogP contribution in [0.2, 0.25) is 0 Å². The average molecular weight is 246 g/mol. The lowest BCUT2D eigenvalue weighted by Crippen LogP contribution is -2.10. The predicted molar refractivity (Wildman–Crippen MR) is 67.8 cm³/mol. The molecule has 1 aromatic carbocycles. The summed E-state index contributed by atoms with van der Waals surface area (Å²) in [7, 11) is 0. The molecule has 0 amide bonds. The first-order valence-electron chi connectivity index (χ1n) is 5.39. The molecule has 1 N–H and O–H groups in total. The minimum absolute atomic E-state index is 0.00439. The summed E-state index contributed by atoms with van der Waals surface area (Å²) in [6.07, 6.45) is 2.62. The van der Waals surface area contributed by atoms with Crippen molar-refractivity contribution in [3.05, 3.63) is 54.1 Å². The Labute approximate surface area is 105 Å². The lowest BCUT2D eigenvalue weighted by molar-refractivity contribution is -0.143. The van der Waals surface area contributed by atoms with Crippen LogP contribution in [0.5, 0.6) is 0 Å². The van der Waals surface area contributed by atoms with Gasteiger partial charge in [-0.25, -0.2) is 4.79 Å². The fraction of sp³-hybridized carbons (Fsp3) is 0.143. The van der Waals surface area contributed by atoms with E-state index >= 15 is 0 Å². The second-order valence-corrected chi connectivity index (χ2v) is 3.53. The van der Waals surface area contributed by atoms with Gasteiger partial charge in [-0.05, 0) is 11.6 Å². The van der Waals surface area contributed by atoms with Gasteiger partial charge in [-0.15, -0.1) is 0 Å². The first-order chi connectivity index (χ1) is 8.63. The number of carbonyl (C=O) groups excluding carboxylic acids is 1. The molecule has 0 heterocycles. The molecule has 0 atom stereocenters. The minimum atomic E-state index is -1.13. The lowest BCUT2D eigenvalue weighted by atomic mass is 10.1. The van der Waals surface area contributed by atoms with Crippen molar-refractivity contribution in [3.63, 3.8) is 0 Å². The van der Waals surface area contributed by atoms with Crippen molar-refractivity contribution in [2.75, 3.05) is 6.61 Å². The Morgan fingerprint density at radius 2 is 1.94 bits per heavy atom. The Bertz CT molecular complexity index is 460. The molecule has 1 rings (SSSR count). The van der Waals surface area contributed by atoms with Crippen LogP contribution < -0.4 is 0 Å². The molecule has 94 valence electrons. The van der Waals surface area contributed by atoms with Gasteiger partial charge in [-0.3, -0.25) is 4.79 Å². The van der Waals surface area contributed by atoms with Crippen LogP contribution >= 0.6 is 0 Å². The Morgan fingerprint density at radius 3 is 2.50 bits per heavy atom. The largest absolute Gasteiger partial charge is 0.478 e. The standard InChI is InChI=1S/C14H14O4/c1-2-8-18-13(15)10-12(14(16)17)9-11-6-4-3-5-7-11/h2-7,9H,1,8,10H2,(H,16,17)/b12-9+. The van der Waals surface area contributed by atoms with Crippen LogP contribution in [0.15, 0.2) is 48.6 Å². The van der Waals surface area contributed by atoms with Gasteiger partial charge in [0.05, 0.1) is 6.42 Å². The zero-order chi connectivity index (χ0) is 13.4. The van der Waals surface area contributed by atoms with E-state index in [1.807, 2.05) is 6.07 Å². The van der Waals surface area contributed by atoms with E-state index in [2.05, 4.69) is 6.58 Å². The van der Waals surface area contributed by atoms with Crippen molar-refractivity contribution in [1.29, 1.82) is 0 Å². The van der Waals surface area contributed by atoms with Crippen LogP contribution in [0.25, 0.3) is 6.08 Å². The summed E-state index contributed by atoms with van der Waals surface area (Å²) >= 11 is 0. The maximum absolute atomic E-state index is 11.3. The molecule has 0 aromatic heterocycles. The summed E-state index contributed by atoms with van der Waals surface area (Å²) in [5.41, 5.74) is 0.724. The number of aliphatic carboxylic acids is 1. The average Bonchev–Trinajstić information content (AvgIpc) is 2.36. The molecule has 0 bridgehead atoms. The fourth-order valence-corrected chi connectivity index (χ4v) is 1.30. The second-order valence-electron chi connectivity index (χ2n) is 3.53. The molecular weight excluding hydrogens is 232 g/mol. The fourth-order valence-electron chi connectivity index (χ4n) is 1.30. The maximum Gasteiger partial charge on any atom is 0.332 e. The first-order valence-corrected chi connectivity index (χ1v) is 5.39. The van der Waals surface area contributed by atoms with E-state index in [0.717, 1.165) is 5.56 Å². The van der Waals surface area contributed by atoms with E-state index in [-0.39, 0.29) is 18.6 Å².